The number of benzene rings is 2. The molecule has 0 N–H and O–H groups in total. The molecule has 3 aromatic rings. The molecule has 2 nitrogen and oxygen atoms in total. The van der Waals surface area contributed by atoms with E-state index < -0.39 is 0 Å². The van der Waals surface area contributed by atoms with E-state index in [1.165, 1.54) is 5.56 Å². The van der Waals surface area contributed by atoms with Gasteiger partial charge in [0, 0.05) is 17.7 Å². The van der Waals surface area contributed by atoms with Crippen molar-refractivity contribution in [3.05, 3.63) is 83.8 Å². The Morgan fingerprint density at radius 3 is 2.15 bits per heavy atom. The summed E-state index contributed by atoms with van der Waals surface area (Å²) in [4.78, 5) is 9.23. The summed E-state index contributed by atoms with van der Waals surface area (Å²) < 4.78 is 0. The lowest BCUT2D eigenvalue weighted by Gasteiger charge is -2.06. The maximum Gasteiger partial charge on any atom is 0.133 e. The Morgan fingerprint density at radius 1 is 0.800 bits per heavy atom. The molecule has 1 heterocycles. The van der Waals surface area contributed by atoms with Crippen LogP contribution in [0.1, 0.15) is 17.1 Å². The summed E-state index contributed by atoms with van der Waals surface area (Å²) in [7, 11) is 0. The highest BCUT2D eigenvalue weighted by molar-refractivity contribution is 5.59. The first kappa shape index (κ1) is 12.5. The zero-order chi connectivity index (χ0) is 13.8. The molecule has 0 spiro atoms. The fourth-order valence-electron chi connectivity index (χ4n) is 2.24. The van der Waals surface area contributed by atoms with Crippen LogP contribution in [-0.2, 0) is 6.42 Å². The van der Waals surface area contributed by atoms with Gasteiger partial charge < -0.3 is 0 Å². The number of hydrogen-bond acceptors (Lipinski definition) is 2. The van der Waals surface area contributed by atoms with Crippen LogP contribution in [0.2, 0.25) is 0 Å². The molecule has 0 amide bonds. The minimum absolute atomic E-state index is 0.766. The zero-order valence-electron chi connectivity index (χ0n) is 11.5. The molecular weight excluding hydrogens is 244 g/mol. The molecule has 0 fully saturated rings. The summed E-state index contributed by atoms with van der Waals surface area (Å²) in [6.45, 7) is 2.02. The lowest BCUT2D eigenvalue weighted by molar-refractivity contribution is 0.946. The smallest absolute Gasteiger partial charge is 0.133 e. The van der Waals surface area contributed by atoms with Crippen LogP contribution in [0.4, 0.5) is 0 Å². The fourth-order valence-corrected chi connectivity index (χ4v) is 2.24. The predicted octanol–water partition coefficient (Wildman–Crippen LogP) is 4.04. The quantitative estimate of drug-likeness (QED) is 0.710. The first-order valence-corrected chi connectivity index (χ1v) is 6.75. The van der Waals surface area contributed by atoms with Gasteiger partial charge in [-0.3, -0.25) is 0 Å². The summed E-state index contributed by atoms with van der Waals surface area (Å²) in [6.07, 6.45) is 0.766. The number of nitrogens with zero attached hydrogens (tertiary/aromatic N) is 2. The van der Waals surface area contributed by atoms with Crippen molar-refractivity contribution in [3.8, 4) is 11.3 Å². The Kier molecular flexibility index (Phi) is 3.55. The van der Waals surface area contributed by atoms with Gasteiger partial charge in [-0.25, -0.2) is 9.97 Å². The molecule has 0 unspecified atom stereocenters. The molecule has 0 radical (unpaired) electrons. The molecule has 1 aromatic heterocycles. The van der Waals surface area contributed by atoms with Crippen LogP contribution in [0.15, 0.2) is 66.7 Å². The van der Waals surface area contributed by atoms with Crippen molar-refractivity contribution in [3.63, 3.8) is 0 Å². The van der Waals surface area contributed by atoms with E-state index in [4.69, 9.17) is 0 Å². The average molecular weight is 260 g/mol. The highest BCUT2D eigenvalue weighted by Crippen LogP contribution is 2.18. The van der Waals surface area contributed by atoms with Crippen molar-refractivity contribution < 1.29 is 0 Å². The molecule has 0 bridgehead atoms. The summed E-state index contributed by atoms with van der Waals surface area (Å²) >= 11 is 0. The van der Waals surface area contributed by atoms with Crippen LogP contribution in [0, 0.1) is 6.92 Å². The molecule has 0 saturated carbocycles. The number of rotatable bonds is 3. The Balaban J connectivity index is 1.95. The van der Waals surface area contributed by atoms with E-state index in [-0.39, 0.29) is 0 Å². The predicted molar refractivity (Wildman–Crippen MR) is 81.5 cm³/mol. The average Bonchev–Trinajstić information content (AvgIpc) is 2.49. The number of hydrogen-bond donors (Lipinski definition) is 0. The zero-order valence-corrected chi connectivity index (χ0v) is 11.5. The van der Waals surface area contributed by atoms with Crippen LogP contribution >= 0.6 is 0 Å². The van der Waals surface area contributed by atoms with E-state index in [0.717, 1.165) is 29.2 Å². The molecule has 0 saturated heterocycles. The van der Waals surface area contributed by atoms with Crippen LogP contribution in [0.25, 0.3) is 11.3 Å². The van der Waals surface area contributed by atoms with Crippen molar-refractivity contribution in [1.29, 1.82) is 0 Å². The molecule has 20 heavy (non-hydrogen) atoms. The van der Waals surface area contributed by atoms with Crippen molar-refractivity contribution in [2.45, 2.75) is 13.3 Å². The highest BCUT2D eigenvalue weighted by atomic mass is 14.9. The van der Waals surface area contributed by atoms with Crippen molar-refractivity contribution >= 4 is 0 Å². The second kappa shape index (κ2) is 5.66. The van der Waals surface area contributed by atoms with Gasteiger partial charge in [-0.15, -0.1) is 0 Å². The third-order valence-electron chi connectivity index (χ3n) is 3.18. The van der Waals surface area contributed by atoms with Crippen molar-refractivity contribution in [2.75, 3.05) is 0 Å². The van der Waals surface area contributed by atoms with Gasteiger partial charge in [0.15, 0.2) is 0 Å². The van der Waals surface area contributed by atoms with Gasteiger partial charge >= 0.3 is 0 Å². The van der Waals surface area contributed by atoms with Gasteiger partial charge in [-0.05, 0) is 18.6 Å². The first-order valence-electron chi connectivity index (χ1n) is 6.75. The lowest BCUT2D eigenvalue weighted by atomic mass is 10.1. The standard InChI is InChI=1S/C18H16N2/c1-14-12-17(16-10-6-3-7-11-16)20-18(19-14)13-15-8-4-2-5-9-15/h2-12H,13H2,1H3. The molecule has 0 aliphatic heterocycles. The summed E-state index contributed by atoms with van der Waals surface area (Å²) in [6, 6.07) is 22.6. The maximum absolute atomic E-state index is 4.69. The molecule has 2 aromatic carbocycles. The van der Waals surface area contributed by atoms with Crippen LogP contribution in [-0.4, -0.2) is 9.97 Å². The SMILES string of the molecule is Cc1cc(-c2ccccc2)nc(Cc2ccccc2)n1. The minimum Gasteiger partial charge on any atom is -0.238 e. The second-order valence-electron chi connectivity index (χ2n) is 4.84. The molecular formula is C18H16N2. The summed E-state index contributed by atoms with van der Waals surface area (Å²) in [5, 5.41) is 0. The summed E-state index contributed by atoms with van der Waals surface area (Å²) in [5.41, 5.74) is 4.36. The van der Waals surface area contributed by atoms with Gasteiger partial charge in [-0.2, -0.15) is 0 Å². The van der Waals surface area contributed by atoms with Gasteiger partial charge in [0.2, 0.25) is 0 Å². The first-order chi connectivity index (χ1) is 9.81. The van der Waals surface area contributed by atoms with Gasteiger partial charge in [-0.1, -0.05) is 60.7 Å². The Hall–Kier alpha value is -2.48. The second-order valence-corrected chi connectivity index (χ2v) is 4.84. The number of aryl methyl sites for hydroxylation is 1. The molecule has 3 rings (SSSR count). The normalized spacial score (nSPS) is 10.4. The lowest BCUT2D eigenvalue weighted by Crippen LogP contribution is -2.00. The third-order valence-corrected chi connectivity index (χ3v) is 3.18. The Morgan fingerprint density at radius 2 is 1.45 bits per heavy atom. The molecule has 0 atom stereocenters. The van der Waals surface area contributed by atoms with Gasteiger partial charge in [0.25, 0.3) is 0 Å². The Bertz CT molecular complexity index is 691. The van der Waals surface area contributed by atoms with E-state index in [1.54, 1.807) is 0 Å². The van der Waals surface area contributed by atoms with Gasteiger partial charge in [0.05, 0.1) is 5.69 Å². The third kappa shape index (κ3) is 2.91. The minimum atomic E-state index is 0.766. The van der Waals surface area contributed by atoms with Crippen molar-refractivity contribution in [2.24, 2.45) is 0 Å². The number of aromatic nitrogens is 2. The van der Waals surface area contributed by atoms with Crippen LogP contribution in [0.3, 0.4) is 0 Å². The molecule has 0 aliphatic rings. The summed E-state index contributed by atoms with van der Waals surface area (Å²) in [5.74, 6) is 0.870. The monoisotopic (exact) mass is 260 g/mol. The highest BCUT2D eigenvalue weighted by Gasteiger charge is 2.05. The topological polar surface area (TPSA) is 25.8 Å². The Labute approximate surface area is 119 Å². The van der Waals surface area contributed by atoms with E-state index in [2.05, 4.69) is 34.2 Å². The van der Waals surface area contributed by atoms with Crippen molar-refractivity contribution in [1.82, 2.24) is 9.97 Å². The van der Waals surface area contributed by atoms with E-state index in [0.29, 0.717) is 0 Å². The van der Waals surface area contributed by atoms with E-state index in [1.807, 2.05) is 49.4 Å². The van der Waals surface area contributed by atoms with Crippen LogP contribution in [0.5, 0.6) is 0 Å². The largest absolute Gasteiger partial charge is 0.238 e. The van der Waals surface area contributed by atoms with E-state index in [9.17, 15) is 0 Å². The van der Waals surface area contributed by atoms with E-state index >= 15 is 0 Å². The van der Waals surface area contributed by atoms with Gasteiger partial charge in [0.1, 0.15) is 5.82 Å². The van der Waals surface area contributed by atoms with Crippen LogP contribution < -0.4 is 0 Å². The maximum atomic E-state index is 4.69. The fraction of sp³-hybridized carbons (Fsp3) is 0.111. The molecule has 0 aliphatic carbocycles. The molecule has 98 valence electrons. The molecule has 2 heteroatoms.